The Labute approximate surface area is 127 Å². The van der Waals surface area contributed by atoms with Gasteiger partial charge in [0.25, 0.3) is 0 Å². The topological polar surface area (TPSA) is 45.2 Å². The van der Waals surface area contributed by atoms with Crippen LogP contribution in [0.25, 0.3) is 0 Å². The molecule has 0 aromatic carbocycles. The van der Waals surface area contributed by atoms with Crippen molar-refractivity contribution in [3.63, 3.8) is 0 Å². The molecule has 1 amide bonds. The minimum atomic E-state index is 0.123. The summed E-state index contributed by atoms with van der Waals surface area (Å²) in [7, 11) is 0. The SMILES string of the molecule is Cc1cccnc1C[C@H](C)NC(=O)CN1CCCCCC1. The van der Waals surface area contributed by atoms with Gasteiger partial charge in [-0.25, -0.2) is 0 Å². The van der Waals surface area contributed by atoms with Crippen LogP contribution in [0.2, 0.25) is 0 Å². The molecule has 1 fully saturated rings. The first-order chi connectivity index (χ1) is 10.1. The van der Waals surface area contributed by atoms with Gasteiger partial charge in [-0.1, -0.05) is 18.9 Å². The lowest BCUT2D eigenvalue weighted by atomic mass is 10.1. The normalized spacial score (nSPS) is 18.0. The van der Waals surface area contributed by atoms with E-state index in [0.29, 0.717) is 6.54 Å². The van der Waals surface area contributed by atoms with Gasteiger partial charge < -0.3 is 5.32 Å². The average Bonchev–Trinajstić information content (AvgIpc) is 2.69. The molecule has 1 aromatic heterocycles. The second kappa shape index (κ2) is 8.13. The molecule has 0 spiro atoms. The summed E-state index contributed by atoms with van der Waals surface area (Å²) in [6, 6.07) is 4.13. The molecule has 1 aliphatic rings. The Morgan fingerprint density at radius 1 is 1.33 bits per heavy atom. The summed E-state index contributed by atoms with van der Waals surface area (Å²) in [5.41, 5.74) is 2.26. The predicted molar refractivity (Wildman–Crippen MR) is 85.2 cm³/mol. The smallest absolute Gasteiger partial charge is 0.234 e. The van der Waals surface area contributed by atoms with Gasteiger partial charge in [0.1, 0.15) is 0 Å². The van der Waals surface area contributed by atoms with Gasteiger partial charge in [0, 0.05) is 24.4 Å². The largest absolute Gasteiger partial charge is 0.352 e. The average molecular weight is 289 g/mol. The van der Waals surface area contributed by atoms with Crippen LogP contribution in [0.3, 0.4) is 0 Å². The number of hydrogen-bond acceptors (Lipinski definition) is 3. The molecule has 0 bridgehead atoms. The number of amides is 1. The standard InChI is InChI=1S/C17H27N3O/c1-14-8-7-9-18-16(14)12-15(2)19-17(21)13-20-10-5-3-4-6-11-20/h7-9,15H,3-6,10-13H2,1-2H3,(H,19,21)/t15-/m0/s1. The Hall–Kier alpha value is -1.42. The molecule has 4 heteroatoms. The Balaban J connectivity index is 1.77. The lowest BCUT2D eigenvalue weighted by Crippen LogP contribution is -2.42. The van der Waals surface area contributed by atoms with Crippen molar-refractivity contribution in [3.8, 4) is 0 Å². The highest BCUT2D eigenvalue weighted by molar-refractivity contribution is 5.78. The molecule has 4 nitrogen and oxygen atoms in total. The zero-order valence-corrected chi connectivity index (χ0v) is 13.3. The van der Waals surface area contributed by atoms with Gasteiger partial charge in [-0.15, -0.1) is 0 Å². The Kier molecular flexibility index (Phi) is 6.18. The van der Waals surface area contributed by atoms with Crippen LogP contribution >= 0.6 is 0 Å². The molecule has 21 heavy (non-hydrogen) atoms. The molecule has 0 radical (unpaired) electrons. The summed E-state index contributed by atoms with van der Waals surface area (Å²) in [5, 5.41) is 3.10. The third-order valence-corrected chi connectivity index (χ3v) is 4.09. The van der Waals surface area contributed by atoms with Gasteiger partial charge in [0.15, 0.2) is 0 Å². The lowest BCUT2D eigenvalue weighted by Gasteiger charge is -2.21. The van der Waals surface area contributed by atoms with Gasteiger partial charge in [0.2, 0.25) is 5.91 Å². The molecule has 0 aliphatic carbocycles. The van der Waals surface area contributed by atoms with Crippen LogP contribution in [0.1, 0.15) is 43.9 Å². The van der Waals surface area contributed by atoms with E-state index in [4.69, 9.17) is 0 Å². The number of hydrogen-bond donors (Lipinski definition) is 1. The number of nitrogens with zero attached hydrogens (tertiary/aromatic N) is 2. The van der Waals surface area contributed by atoms with E-state index >= 15 is 0 Å². The molecule has 1 aliphatic heterocycles. The first-order valence-electron chi connectivity index (χ1n) is 8.07. The molecule has 1 aromatic rings. The minimum absolute atomic E-state index is 0.123. The zero-order chi connectivity index (χ0) is 15.1. The van der Waals surface area contributed by atoms with Crippen molar-refractivity contribution in [2.24, 2.45) is 0 Å². The summed E-state index contributed by atoms with van der Waals surface area (Å²) in [5.74, 6) is 0.137. The van der Waals surface area contributed by atoms with Crippen molar-refractivity contribution < 1.29 is 4.79 Å². The van der Waals surface area contributed by atoms with Crippen LogP contribution in [0, 0.1) is 6.92 Å². The maximum Gasteiger partial charge on any atom is 0.234 e. The molecule has 0 saturated carbocycles. The van der Waals surface area contributed by atoms with E-state index in [1.54, 1.807) is 0 Å². The van der Waals surface area contributed by atoms with E-state index in [-0.39, 0.29) is 11.9 Å². The molecule has 0 unspecified atom stereocenters. The van der Waals surface area contributed by atoms with Gasteiger partial charge in [-0.05, 0) is 51.4 Å². The van der Waals surface area contributed by atoms with Crippen LogP contribution in [0.15, 0.2) is 18.3 Å². The highest BCUT2D eigenvalue weighted by Gasteiger charge is 2.15. The third-order valence-electron chi connectivity index (χ3n) is 4.09. The highest BCUT2D eigenvalue weighted by Crippen LogP contribution is 2.09. The fraction of sp³-hybridized carbons (Fsp3) is 0.647. The van der Waals surface area contributed by atoms with Gasteiger partial charge in [-0.3, -0.25) is 14.7 Å². The predicted octanol–water partition coefficient (Wildman–Crippen LogP) is 2.31. The van der Waals surface area contributed by atoms with Crippen LogP contribution in [0.4, 0.5) is 0 Å². The van der Waals surface area contributed by atoms with Crippen LogP contribution in [-0.2, 0) is 11.2 Å². The molecule has 1 N–H and O–H groups in total. The van der Waals surface area contributed by atoms with E-state index in [9.17, 15) is 4.79 Å². The number of likely N-dealkylation sites (tertiary alicyclic amines) is 1. The summed E-state index contributed by atoms with van der Waals surface area (Å²) in [6.07, 6.45) is 7.64. The van der Waals surface area contributed by atoms with Crippen LogP contribution in [-0.4, -0.2) is 41.5 Å². The minimum Gasteiger partial charge on any atom is -0.352 e. The van der Waals surface area contributed by atoms with Gasteiger partial charge in [-0.2, -0.15) is 0 Å². The highest BCUT2D eigenvalue weighted by atomic mass is 16.2. The van der Waals surface area contributed by atoms with E-state index in [1.807, 2.05) is 12.3 Å². The summed E-state index contributed by atoms with van der Waals surface area (Å²) in [4.78, 5) is 18.8. The van der Waals surface area contributed by atoms with Gasteiger partial charge in [0.05, 0.1) is 6.54 Å². The lowest BCUT2D eigenvalue weighted by molar-refractivity contribution is -0.122. The quantitative estimate of drug-likeness (QED) is 0.905. The van der Waals surface area contributed by atoms with Crippen molar-refractivity contribution in [2.45, 2.75) is 52.0 Å². The first kappa shape index (κ1) is 16.0. The Bertz CT molecular complexity index is 453. The van der Waals surface area contributed by atoms with Crippen LogP contribution < -0.4 is 5.32 Å². The molecular formula is C17H27N3O. The molecule has 1 atom stereocenters. The summed E-state index contributed by atoms with van der Waals surface area (Å²) >= 11 is 0. The first-order valence-corrected chi connectivity index (χ1v) is 8.07. The fourth-order valence-corrected chi connectivity index (χ4v) is 2.89. The summed E-state index contributed by atoms with van der Waals surface area (Å²) in [6.45, 7) is 6.76. The molecule has 116 valence electrons. The fourth-order valence-electron chi connectivity index (χ4n) is 2.89. The van der Waals surface area contributed by atoms with E-state index < -0.39 is 0 Å². The maximum atomic E-state index is 12.1. The van der Waals surface area contributed by atoms with Crippen molar-refractivity contribution in [3.05, 3.63) is 29.6 Å². The van der Waals surface area contributed by atoms with E-state index in [2.05, 4.69) is 35.1 Å². The Morgan fingerprint density at radius 2 is 2.05 bits per heavy atom. The van der Waals surface area contributed by atoms with Crippen molar-refractivity contribution in [2.75, 3.05) is 19.6 Å². The van der Waals surface area contributed by atoms with Crippen molar-refractivity contribution in [1.29, 1.82) is 0 Å². The molecular weight excluding hydrogens is 262 g/mol. The second-order valence-corrected chi connectivity index (χ2v) is 6.13. The summed E-state index contributed by atoms with van der Waals surface area (Å²) < 4.78 is 0. The van der Waals surface area contributed by atoms with Gasteiger partial charge >= 0.3 is 0 Å². The number of carbonyl (C=O) groups excluding carboxylic acids is 1. The van der Waals surface area contributed by atoms with E-state index in [1.165, 1.54) is 31.2 Å². The monoisotopic (exact) mass is 289 g/mol. The van der Waals surface area contributed by atoms with Crippen LogP contribution in [0.5, 0.6) is 0 Å². The molecule has 1 saturated heterocycles. The maximum absolute atomic E-state index is 12.1. The third kappa shape index (κ3) is 5.46. The van der Waals surface area contributed by atoms with Crippen molar-refractivity contribution >= 4 is 5.91 Å². The number of carbonyl (C=O) groups is 1. The number of aryl methyl sites for hydroxylation is 1. The number of rotatable bonds is 5. The molecule has 2 heterocycles. The number of pyridine rings is 1. The number of aromatic nitrogens is 1. The second-order valence-electron chi connectivity index (χ2n) is 6.13. The van der Waals surface area contributed by atoms with E-state index in [0.717, 1.165) is 25.2 Å². The molecule has 2 rings (SSSR count). The van der Waals surface area contributed by atoms with Crippen molar-refractivity contribution in [1.82, 2.24) is 15.2 Å². The number of nitrogens with one attached hydrogen (secondary N) is 1. The zero-order valence-electron chi connectivity index (χ0n) is 13.3. The Morgan fingerprint density at radius 3 is 2.71 bits per heavy atom.